The highest BCUT2D eigenvalue weighted by molar-refractivity contribution is 5.73. The van der Waals surface area contributed by atoms with Crippen molar-refractivity contribution in [3.8, 4) is 0 Å². The van der Waals surface area contributed by atoms with Gasteiger partial charge in [0, 0.05) is 44.3 Å². The lowest BCUT2D eigenvalue weighted by Crippen LogP contribution is -2.46. The number of methoxy groups -OCH3 is 1. The smallest absolute Gasteiger partial charge is 0.315 e. The molecular weight excluding hydrogens is 530 g/mol. The predicted molar refractivity (Wildman–Crippen MR) is 161 cm³/mol. The third kappa shape index (κ3) is 7.76. The molecule has 0 aromatic heterocycles. The highest BCUT2D eigenvalue weighted by atomic mass is 16.7. The van der Waals surface area contributed by atoms with Crippen LogP contribution in [0.1, 0.15) is 60.0 Å². The van der Waals surface area contributed by atoms with Crippen LogP contribution < -0.4 is 10.6 Å². The second-order valence-corrected chi connectivity index (χ2v) is 11.3. The normalized spacial score (nSPS) is 24.4. The Labute approximate surface area is 249 Å². The second-order valence-electron chi connectivity index (χ2n) is 11.3. The number of hydrogen-bond acceptors (Lipinski definition) is 6. The maximum atomic E-state index is 12.3. The Bertz CT molecular complexity index is 1250. The van der Waals surface area contributed by atoms with Crippen LogP contribution in [0.3, 0.4) is 0 Å². The summed E-state index contributed by atoms with van der Waals surface area (Å²) in [6, 6.07) is 26.1. The summed E-state index contributed by atoms with van der Waals surface area (Å²) in [5, 5.41) is 15.3. The third-order valence-corrected chi connectivity index (χ3v) is 8.40. The lowest BCUT2D eigenvalue weighted by atomic mass is 9.90. The van der Waals surface area contributed by atoms with E-state index in [4.69, 9.17) is 14.2 Å². The molecule has 0 radical (unpaired) electrons. The number of ether oxygens (including phenoxy) is 3. The average Bonchev–Trinajstić information content (AvgIpc) is 3.47. The number of nitrogens with one attached hydrogen (secondary N) is 2. The molecule has 5 atom stereocenters. The van der Waals surface area contributed by atoms with E-state index in [1.807, 2.05) is 78.9 Å². The number of urea groups is 1. The van der Waals surface area contributed by atoms with Crippen molar-refractivity contribution in [2.75, 3.05) is 26.8 Å². The summed E-state index contributed by atoms with van der Waals surface area (Å²) in [6.07, 6.45) is 1.60. The van der Waals surface area contributed by atoms with E-state index in [-0.39, 0.29) is 30.8 Å². The van der Waals surface area contributed by atoms with Crippen LogP contribution in [0.2, 0.25) is 0 Å². The van der Waals surface area contributed by atoms with E-state index >= 15 is 0 Å². The molecule has 224 valence electrons. The monoisotopic (exact) mass is 573 g/mol. The van der Waals surface area contributed by atoms with Crippen LogP contribution in [0.4, 0.5) is 4.79 Å². The molecule has 2 aliphatic rings. The van der Waals surface area contributed by atoms with Gasteiger partial charge in [0.1, 0.15) is 0 Å². The molecule has 3 aromatic rings. The van der Waals surface area contributed by atoms with E-state index in [9.17, 15) is 9.90 Å². The Hall–Kier alpha value is -3.27. The zero-order valence-corrected chi connectivity index (χ0v) is 24.6. The fourth-order valence-corrected chi connectivity index (χ4v) is 5.89. The van der Waals surface area contributed by atoms with Crippen molar-refractivity contribution < 1.29 is 24.1 Å². The number of benzene rings is 3. The lowest BCUT2D eigenvalue weighted by Gasteiger charge is -2.43. The van der Waals surface area contributed by atoms with Gasteiger partial charge in [-0.05, 0) is 41.6 Å². The van der Waals surface area contributed by atoms with Crippen LogP contribution in [0.25, 0.3) is 0 Å². The van der Waals surface area contributed by atoms with Gasteiger partial charge < -0.3 is 30.0 Å². The van der Waals surface area contributed by atoms with Gasteiger partial charge in [-0.15, -0.1) is 0 Å². The van der Waals surface area contributed by atoms with Crippen molar-refractivity contribution in [3.63, 3.8) is 0 Å². The molecule has 5 rings (SSSR count). The van der Waals surface area contributed by atoms with E-state index in [0.29, 0.717) is 19.1 Å². The van der Waals surface area contributed by atoms with Gasteiger partial charge in [0.05, 0.1) is 25.4 Å². The standard InChI is InChI=1S/C34H43N3O5/c1-24-31(21-37-18-6-9-30(37)23-40-2)41-33(42-32(24)28-14-12-27(22-38)13-15-28)29-16-10-26(11-17-29)20-36-34(39)35-19-25-7-4-3-5-8-25/h3-5,7-8,10-17,24,30-33,38H,6,9,18-23H2,1-2H3,(H2,35,36,39). The van der Waals surface area contributed by atoms with Gasteiger partial charge in [-0.2, -0.15) is 0 Å². The van der Waals surface area contributed by atoms with Crippen LogP contribution >= 0.6 is 0 Å². The Morgan fingerprint density at radius 3 is 2.21 bits per heavy atom. The first-order valence-electron chi connectivity index (χ1n) is 14.9. The van der Waals surface area contributed by atoms with Gasteiger partial charge in [0.15, 0.2) is 6.29 Å². The fourth-order valence-electron chi connectivity index (χ4n) is 5.89. The molecule has 2 saturated heterocycles. The SMILES string of the molecule is COCC1CCCN1CC1OC(c2ccc(CNC(=O)NCc3ccccc3)cc2)OC(c2ccc(CO)cc2)C1C. The first kappa shape index (κ1) is 30.2. The molecule has 2 fully saturated rings. The molecule has 0 bridgehead atoms. The number of rotatable bonds is 11. The van der Waals surface area contributed by atoms with E-state index in [1.54, 1.807) is 7.11 Å². The van der Waals surface area contributed by atoms with Gasteiger partial charge in [-0.3, -0.25) is 4.90 Å². The Kier molecular flexibility index (Phi) is 10.6. The molecule has 8 heteroatoms. The summed E-state index contributed by atoms with van der Waals surface area (Å²) < 4.78 is 18.8. The van der Waals surface area contributed by atoms with Gasteiger partial charge in [0.2, 0.25) is 0 Å². The molecule has 2 amide bonds. The van der Waals surface area contributed by atoms with E-state index in [1.165, 1.54) is 6.42 Å². The van der Waals surface area contributed by atoms with Crippen molar-refractivity contribution in [2.24, 2.45) is 5.92 Å². The average molecular weight is 574 g/mol. The molecular formula is C34H43N3O5. The first-order chi connectivity index (χ1) is 20.5. The molecule has 8 nitrogen and oxygen atoms in total. The minimum Gasteiger partial charge on any atom is -0.392 e. The number of carbonyl (C=O) groups is 1. The zero-order chi connectivity index (χ0) is 29.3. The number of hydrogen-bond donors (Lipinski definition) is 3. The molecule has 0 aliphatic carbocycles. The third-order valence-electron chi connectivity index (χ3n) is 8.40. The number of likely N-dealkylation sites (tertiary alicyclic amines) is 1. The molecule has 3 N–H and O–H groups in total. The minimum atomic E-state index is -0.520. The molecule has 0 saturated carbocycles. The molecule has 5 unspecified atom stereocenters. The van der Waals surface area contributed by atoms with Crippen molar-refractivity contribution in [1.82, 2.24) is 15.5 Å². The number of aliphatic hydroxyl groups is 1. The zero-order valence-electron chi connectivity index (χ0n) is 24.6. The number of nitrogens with zero attached hydrogens (tertiary/aromatic N) is 1. The summed E-state index contributed by atoms with van der Waals surface area (Å²) in [6.45, 7) is 5.71. The summed E-state index contributed by atoms with van der Waals surface area (Å²) in [7, 11) is 1.77. The summed E-state index contributed by atoms with van der Waals surface area (Å²) in [5.41, 5.74) is 4.94. The van der Waals surface area contributed by atoms with Crippen molar-refractivity contribution in [2.45, 2.75) is 64.0 Å². The summed E-state index contributed by atoms with van der Waals surface area (Å²) in [4.78, 5) is 14.8. The van der Waals surface area contributed by atoms with Crippen LogP contribution in [0.5, 0.6) is 0 Å². The topological polar surface area (TPSA) is 92.3 Å². The van der Waals surface area contributed by atoms with Crippen LogP contribution in [0.15, 0.2) is 78.9 Å². The van der Waals surface area contributed by atoms with Crippen molar-refractivity contribution >= 4 is 6.03 Å². The summed E-state index contributed by atoms with van der Waals surface area (Å²) in [5.74, 6) is 0.128. The van der Waals surface area contributed by atoms with E-state index < -0.39 is 6.29 Å². The maximum absolute atomic E-state index is 12.3. The second kappa shape index (κ2) is 14.8. The van der Waals surface area contributed by atoms with Gasteiger partial charge in [0.25, 0.3) is 0 Å². The maximum Gasteiger partial charge on any atom is 0.315 e. The highest BCUT2D eigenvalue weighted by Crippen LogP contribution is 2.42. The molecule has 42 heavy (non-hydrogen) atoms. The first-order valence-corrected chi connectivity index (χ1v) is 14.9. The van der Waals surface area contributed by atoms with Crippen molar-refractivity contribution in [3.05, 3.63) is 107 Å². The fraction of sp³-hybridized carbons (Fsp3) is 0.441. The Morgan fingerprint density at radius 1 is 0.905 bits per heavy atom. The number of carbonyl (C=O) groups excluding carboxylic acids is 1. The Morgan fingerprint density at radius 2 is 1.55 bits per heavy atom. The van der Waals surface area contributed by atoms with Gasteiger partial charge in [-0.1, -0.05) is 85.8 Å². The predicted octanol–water partition coefficient (Wildman–Crippen LogP) is 5.08. The van der Waals surface area contributed by atoms with E-state index in [0.717, 1.165) is 53.9 Å². The molecule has 2 heterocycles. The van der Waals surface area contributed by atoms with Crippen LogP contribution in [-0.4, -0.2) is 55.0 Å². The quantitative estimate of drug-likeness (QED) is 0.296. The molecule has 3 aromatic carbocycles. The highest BCUT2D eigenvalue weighted by Gasteiger charge is 2.40. The van der Waals surface area contributed by atoms with Gasteiger partial charge in [-0.25, -0.2) is 4.79 Å². The lowest BCUT2D eigenvalue weighted by molar-refractivity contribution is -0.276. The van der Waals surface area contributed by atoms with Gasteiger partial charge >= 0.3 is 6.03 Å². The number of aliphatic hydroxyl groups excluding tert-OH is 1. The Balaban J connectivity index is 1.25. The van der Waals surface area contributed by atoms with Crippen molar-refractivity contribution in [1.29, 1.82) is 0 Å². The minimum absolute atomic E-state index is 0.0153. The summed E-state index contributed by atoms with van der Waals surface area (Å²) >= 11 is 0. The molecule has 0 spiro atoms. The molecule has 2 aliphatic heterocycles. The van der Waals surface area contributed by atoms with Crippen LogP contribution in [-0.2, 0) is 33.9 Å². The van der Waals surface area contributed by atoms with Crippen LogP contribution in [0, 0.1) is 5.92 Å². The van der Waals surface area contributed by atoms with E-state index in [2.05, 4.69) is 22.5 Å². The largest absolute Gasteiger partial charge is 0.392 e. The number of amides is 2.